The molecule has 100 valence electrons. The van der Waals surface area contributed by atoms with Crippen LogP contribution in [0.15, 0.2) is 48.5 Å². The van der Waals surface area contributed by atoms with Gasteiger partial charge < -0.3 is 5.73 Å². The van der Waals surface area contributed by atoms with Crippen LogP contribution < -0.4 is 5.73 Å². The van der Waals surface area contributed by atoms with E-state index in [-0.39, 0.29) is 5.41 Å². The van der Waals surface area contributed by atoms with Crippen LogP contribution in [0.4, 0.5) is 5.69 Å². The van der Waals surface area contributed by atoms with Crippen LogP contribution in [0.2, 0.25) is 0 Å². The standard InChI is InChI=1S/C18H23N/c1-13(2)16-12-15(10-11-17(16)19)18(3,4)14-8-6-5-7-9-14/h5-13H,19H2,1-4H3. The maximum Gasteiger partial charge on any atom is 0.0349 e. The van der Waals surface area contributed by atoms with E-state index in [1.54, 1.807) is 0 Å². The lowest BCUT2D eigenvalue weighted by molar-refractivity contribution is 0.638. The zero-order valence-corrected chi connectivity index (χ0v) is 12.3. The van der Waals surface area contributed by atoms with Crippen molar-refractivity contribution < 1.29 is 0 Å². The molecule has 0 aliphatic heterocycles. The minimum atomic E-state index is -0.00139. The van der Waals surface area contributed by atoms with Crippen molar-refractivity contribution in [1.29, 1.82) is 0 Å². The number of anilines is 1. The molecule has 0 aliphatic carbocycles. The van der Waals surface area contributed by atoms with Crippen molar-refractivity contribution in [2.45, 2.75) is 39.0 Å². The molecule has 2 aromatic rings. The second-order valence-electron chi connectivity index (χ2n) is 5.99. The van der Waals surface area contributed by atoms with Crippen molar-refractivity contribution in [3.05, 3.63) is 65.2 Å². The Morgan fingerprint density at radius 3 is 2.11 bits per heavy atom. The van der Waals surface area contributed by atoms with E-state index >= 15 is 0 Å². The van der Waals surface area contributed by atoms with Gasteiger partial charge in [0.25, 0.3) is 0 Å². The minimum absolute atomic E-state index is 0.00139. The lowest BCUT2D eigenvalue weighted by Gasteiger charge is -2.27. The molecule has 2 aromatic carbocycles. The van der Waals surface area contributed by atoms with Gasteiger partial charge >= 0.3 is 0 Å². The minimum Gasteiger partial charge on any atom is -0.398 e. The molecule has 0 unspecified atom stereocenters. The third-order valence-electron chi connectivity index (χ3n) is 3.93. The second kappa shape index (κ2) is 5.08. The summed E-state index contributed by atoms with van der Waals surface area (Å²) in [5.74, 6) is 0.450. The van der Waals surface area contributed by atoms with E-state index in [0.29, 0.717) is 5.92 Å². The van der Waals surface area contributed by atoms with Gasteiger partial charge in [0, 0.05) is 11.1 Å². The summed E-state index contributed by atoms with van der Waals surface area (Å²) in [6.07, 6.45) is 0. The topological polar surface area (TPSA) is 26.0 Å². The van der Waals surface area contributed by atoms with Crippen molar-refractivity contribution in [2.75, 3.05) is 5.73 Å². The molecule has 2 rings (SSSR count). The molecule has 0 fully saturated rings. The summed E-state index contributed by atoms with van der Waals surface area (Å²) < 4.78 is 0. The Morgan fingerprint density at radius 1 is 0.895 bits per heavy atom. The number of hydrogen-bond donors (Lipinski definition) is 1. The normalized spacial score (nSPS) is 11.8. The van der Waals surface area contributed by atoms with Gasteiger partial charge in [-0.25, -0.2) is 0 Å². The highest BCUT2D eigenvalue weighted by Crippen LogP contribution is 2.34. The first kappa shape index (κ1) is 13.7. The molecule has 0 bridgehead atoms. The van der Waals surface area contributed by atoms with E-state index in [1.807, 2.05) is 6.07 Å². The molecule has 0 saturated carbocycles. The van der Waals surface area contributed by atoms with Crippen molar-refractivity contribution >= 4 is 5.69 Å². The van der Waals surface area contributed by atoms with Gasteiger partial charge in [-0.1, -0.05) is 70.2 Å². The number of nitrogen functional groups attached to an aromatic ring is 1. The molecular formula is C18H23N. The van der Waals surface area contributed by atoms with E-state index in [9.17, 15) is 0 Å². The SMILES string of the molecule is CC(C)c1cc(C(C)(C)c2ccccc2)ccc1N. The second-order valence-corrected chi connectivity index (χ2v) is 5.99. The quantitative estimate of drug-likeness (QED) is 0.787. The van der Waals surface area contributed by atoms with Gasteiger partial charge in [0.05, 0.1) is 0 Å². The fourth-order valence-electron chi connectivity index (χ4n) is 2.49. The Balaban J connectivity index is 2.49. The van der Waals surface area contributed by atoms with Gasteiger partial charge in [-0.15, -0.1) is 0 Å². The third kappa shape index (κ3) is 2.65. The zero-order chi connectivity index (χ0) is 14.0. The first-order valence-electron chi connectivity index (χ1n) is 6.88. The van der Waals surface area contributed by atoms with Gasteiger partial charge in [-0.3, -0.25) is 0 Å². The molecule has 0 aliphatic rings. The summed E-state index contributed by atoms with van der Waals surface area (Å²) in [5, 5.41) is 0. The molecule has 1 nitrogen and oxygen atoms in total. The predicted molar refractivity (Wildman–Crippen MR) is 83.5 cm³/mol. The predicted octanol–water partition coefficient (Wildman–Crippen LogP) is 4.72. The van der Waals surface area contributed by atoms with E-state index in [1.165, 1.54) is 16.7 Å². The Labute approximate surface area is 116 Å². The summed E-state index contributed by atoms with van der Waals surface area (Å²) in [5.41, 5.74) is 10.8. The summed E-state index contributed by atoms with van der Waals surface area (Å²) in [7, 11) is 0. The van der Waals surface area contributed by atoms with Gasteiger partial charge in [-0.05, 0) is 28.7 Å². The van der Waals surface area contributed by atoms with Crippen molar-refractivity contribution in [1.82, 2.24) is 0 Å². The van der Waals surface area contributed by atoms with Crippen LogP contribution in [0.3, 0.4) is 0 Å². The molecule has 1 heteroatoms. The fourth-order valence-corrected chi connectivity index (χ4v) is 2.49. The van der Waals surface area contributed by atoms with E-state index in [4.69, 9.17) is 5.73 Å². The molecule has 0 aromatic heterocycles. The monoisotopic (exact) mass is 253 g/mol. The van der Waals surface area contributed by atoms with Gasteiger partial charge in [0.15, 0.2) is 0 Å². The highest BCUT2D eigenvalue weighted by molar-refractivity contribution is 5.53. The highest BCUT2D eigenvalue weighted by Gasteiger charge is 2.23. The van der Waals surface area contributed by atoms with Crippen LogP contribution in [-0.2, 0) is 5.41 Å². The van der Waals surface area contributed by atoms with Crippen LogP contribution >= 0.6 is 0 Å². The number of hydrogen-bond acceptors (Lipinski definition) is 1. The molecule has 0 radical (unpaired) electrons. The van der Waals surface area contributed by atoms with E-state index in [0.717, 1.165) is 5.69 Å². The van der Waals surface area contributed by atoms with Crippen LogP contribution in [0.5, 0.6) is 0 Å². The smallest absolute Gasteiger partial charge is 0.0349 e. The van der Waals surface area contributed by atoms with E-state index in [2.05, 4.69) is 70.2 Å². The number of rotatable bonds is 3. The molecule has 0 spiro atoms. The van der Waals surface area contributed by atoms with Gasteiger partial charge in [0.2, 0.25) is 0 Å². The first-order valence-corrected chi connectivity index (χ1v) is 6.88. The van der Waals surface area contributed by atoms with Gasteiger partial charge in [-0.2, -0.15) is 0 Å². The average Bonchev–Trinajstić information content (AvgIpc) is 2.39. The Morgan fingerprint density at radius 2 is 1.53 bits per heavy atom. The molecule has 0 amide bonds. The first-order chi connectivity index (χ1) is 8.93. The number of nitrogens with two attached hydrogens (primary N) is 1. The maximum absolute atomic E-state index is 6.07. The summed E-state index contributed by atoms with van der Waals surface area (Å²) >= 11 is 0. The van der Waals surface area contributed by atoms with Crippen molar-refractivity contribution in [2.24, 2.45) is 0 Å². The van der Waals surface area contributed by atoms with Crippen LogP contribution in [0, 0.1) is 0 Å². The van der Waals surface area contributed by atoms with Crippen molar-refractivity contribution in [3.8, 4) is 0 Å². The molecular weight excluding hydrogens is 230 g/mol. The van der Waals surface area contributed by atoms with Crippen LogP contribution in [0.1, 0.15) is 50.3 Å². The van der Waals surface area contributed by atoms with Crippen LogP contribution in [0.25, 0.3) is 0 Å². The van der Waals surface area contributed by atoms with Crippen LogP contribution in [-0.4, -0.2) is 0 Å². The summed E-state index contributed by atoms with van der Waals surface area (Å²) in [4.78, 5) is 0. The molecule has 0 saturated heterocycles. The largest absolute Gasteiger partial charge is 0.398 e. The number of benzene rings is 2. The maximum atomic E-state index is 6.07. The average molecular weight is 253 g/mol. The summed E-state index contributed by atoms with van der Waals surface area (Å²) in [6, 6.07) is 17.1. The third-order valence-corrected chi connectivity index (χ3v) is 3.93. The Hall–Kier alpha value is -1.76. The molecule has 19 heavy (non-hydrogen) atoms. The van der Waals surface area contributed by atoms with Gasteiger partial charge in [0.1, 0.15) is 0 Å². The fraction of sp³-hybridized carbons (Fsp3) is 0.333. The van der Waals surface area contributed by atoms with E-state index < -0.39 is 0 Å². The Bertz CT molecular complexity index is 553. The van der Waals surface area contributed by atoms with Crippen molar-refractivity contribution in [3.63, 3.8) is 0 Å². The lowest BCUT2D eigenvalue weighted by Crippen LogP contribution is -2.19. The highest BCUT2D eigenvalue weighted by atomic mass is 14.6. The Kier molecular flexibility index (Phi) is 3.66. The summed E-state index contributed by atoms with van der Waals surface area (Å²) in [6.45, 7) is 8.89. The molecule has 0 atom stereocenters. The molecule has 2 N–H and O–H groups in total. The molecule has 0 heterocycles. The lowest BCUT2D eigenvalue weighted by atomic mass is 9.77. The zero-order valence-electron chi connectivity index (χ0n) is 12.3.